The number of ether oxygens (including phenoxy) is 4. The molecule has 0 radical (unpaired) electrons. The minimum absolute atomic E-state index is 0.155. The van der Waals surface area contributed by atoms with Crippen molar-refractivity contribution in [2.24, 2.45) is 0 Å². The van der Waals surface area contributed by atoms with Gasteiger partial charge in [0.1, 0.15) is 36.8 Å². The van der Waals surface area contributed by atoms with Crippen molar-refractivity contribution in [2.45, 2.75) is 269 Å². The van der Waals surface area contributed by atoms with Crippen LogP contribution in [-0.2, 0) is 38.7 Å². The van der Waals surface area contributed by atoms with Crippen LogP contribution in [0.3, 0.4) is 0 Å². The zero-order chi connectivity index (χ0) is 52.6. The van der Waals surface area contributed by atoms with Crippen molar-refractivity contribution in [3.8, 4) is 0 Å². The lowest BCUT2D eigenvalue weighted by atomic mass is 10.00. The number of allylic oxidation sites excluding steroid dienone is 12. The highest BCUT2D eigenvalue weighted by molar-refractivity contribution is 7.85. The third-order valence-corrected chi connectivity index (χ3v) is 13.5. The molecule has 0 aromatic rings. The zero-order valence-corrected chi connectivity index (χ0v) is 45.8. The normalized spacial score (nSPS) is 19.3. The van der Waals surface area contributed by atoms with E-state index in [-0.39, 0.29) is 19.4 Å². The van der Waals surface area contributed by atoms with Crippen LogP contribution >= 0.6 is 0 Å². The summed E-state index contributed by atoms with van der Waals surface area (Å²) in [7, 11) is -4.61. The molecule has 1 rings (SSSR count). The largest absolute Gasteiger partial charge is 0.462 e. The van der Waals surface area contributed by atoms with Crippen LogP contribution < -0.4 is 0 Å². The van der Waals surface area contributed by atoms with Crippen molar-refractivity contribution in [3.63, 3.8) is 0 Å². The molecule has 0 spiro atoms. The number of hydrogen-bond acceptors (Lipinski definition) is 11. The first-order valence-electron chi connectivity index (χ1n) is 28.5. The van der Waals surface area contributed by atoms with Crippen molar-refractivity contribution in [1.29, 1.82) is 0 Å². The van der Waals surface area contributed by atoms with E-state index in [9.17, 15) is 37.9 Å². The summed E-state index contributed by atoms with van der Waals surface area (Å²) in [6, 6.07) is 0. The molecule has 0 aromatic carbocycles. The lowest BCUT2D eigenvalue weighted by molar-refractivity contribution is -0.297. The van der Waals surface area contributed by atoms with Crippen LogP contribution in [-0.4, -0.2) is 96.0 Å². The van der Waals surface area contributed by atoms with Gasteiger partial charge in [0.2, 0.25) is 0 Å². The number of esters is 2. The van der Waals surface area contributed by atoms with Crippen LogP contribution in [0.25, 0.3) is 0 Å². The molecular weight excluding hydrogens is 933 g/mol. The first kappa shape index (κ1) is 67.1. The fourth-order valence-electron chi connectivity index (χ4n) is 8.41. The van der Waals surface area contributed by atoms with E-state index in [0.717, 1.165) is 89.9 Å². The Morgan fingerprint density at radius 1 is 0.486 bits per heavy atom. The summed E-state index contributed by atoms with van der Waals surface area (Å²) in [5.74, 6) is -1.99. The maximum Gasteiger partial charge on any atom is 0.306 e. The average molecular weight is 1040 g/mol. The molecule has 1 fully saturated rings. The van der Waals surface area contributed by atoms with Crippen molar-refractivity contribution in [1.82, 2.24) is 0 Å². The van der Waals surface area contributed by atoms with Gasteiger partial charge in [0, 0.05) is 12.8 Å². The number of carbonyl (C=O) groups excluding carboxylic acids is 2. The molecule has 0 bridgehead atoms. The summed E-state index contributed by atoms with van der Waals surface area (Å²) < 4.78 is 54.4. The van der Waals surface area contributed by atoms with Gasteiger partial charge in [-0.3, -0.25) is 14.1 Å². The number of unbranched alkanes of at least 4 members (excludes halogenated alkanes) is 24. The summed E-state index contributed by atoms with van der Waals surface area (Å²) in [5, 5.41) is 31.1. The van der Waals surface area contributed by atoms with Gasteiger partial charge in [-0.25, -0.2) is 0 Å². The number of aliphatic hydroxyl groups is 3. The van der Waals surface area contributed by atoms with Gasteiger partial charge in [0.05, 0.1) is 6.61 Å². The molecule has 1 aliphatic rings. The van der Waals surface area contributed by atoms with E-state index in [1.165, 1.54) is 103 Å². The average Bonchev–Trinajstić information content (AvgIpc) is 3.35. The number of hydrogen-bond donors (Lipinski definition) is 4. The second-order valence-electron chi connectivity index (χ2n) is 19.6. The predicted molar refractivity (Wildman–Crippen MR) is 293 cm³/mol. The predicted octanol–water partition coefficient (Wildman–Crippen LogP) is 13.8. The maximum absolute atomic E-state index is 12.9. The molecule has 6 atom stereocenters. The first-order chi connectivity index (χ1) is 35.0. The molecular formula is C59H102O12S. The SMILES string of the molecule is CC/C=C\C/C=C\C/C=C\C/C=C\CCCCCCCCCCCCC(=O)OC(COC(=O)CCCCCCCCCCC/C=C\C/C=C\CCCCCCC)COC1OC(CS(=O)(=O)O)C(O)C(O)C1O. The third kappa shape index (κ3) is 41.4. The standard InChI is InChI=1S/C59H102O12S/c1-3-5-7-9-11-13-15-17-19-21-23-25-26-28-30-32-34-36-38-40-42-44-46-48-55(61)70-52(50-69-59-58(64)57(63)56(62)53(71-59)51-72(65,66)67)49-68-54(60)47-45-43-41-39-37-35-33-31-29-27-24-22-20-18-16-14-12-10-8-6-4-2/h5,7,11,13,16-19,22-25,52-53,56-59,62-64H,3-4,6,8-10,12,14-15,20-21,26-51H2,1-2H3,(H,65,66,67)/b7-5-,13-11-,18-16-,19-17-,24-22-,25-23-. The summed E-state index contributed by atoms with van der Waals surface area (Å²) in [6.45, 7) is 3.66. The second kappa shape index (κ2) is 47.8. The molecule has 0 amide bonds. The molecule has 1 aliphatic heterocycles. The first-order valence-corrected chi connectivity index (χ1v) is 30.1. The van der Waals surface area contributed by atoms with Crippen LogP contribution in [0.1, 0.15) is 232 Å². The Bertz CT molecular complexity index is 1590. The minimum atomic E-state index is -4.61. The van der Waals surface area contributed by atoms with Gasteiger partial charge in [-0.05, 0) is 83.5 Å². The molecule has 13 heteroatoms. The summed E-state index contributed by atoms with van der Waals surface area (Å²) in [5.41, 5.74) is 0. The van der Waals surface area contributed by atoms with Crippen LogP contribution in [0.4, 0.5) is 0 Å². The fraction of sp³-hybridized carbons (Fsp3) is 0.763. The minimum Gasteiger partial charge on any atom is -0.462 e. The Morgan fingerprint density at radius 3 is 1.31 bits per heavy atom. The van der Waals surface area contributed by atoms with Gasteiger partial charge in [0.15, 0.2) is 12.4 Å². The van der Waals surface area contributed by atoms with Crippen molar-refractivity contribution >= 4 is 22.1 Å². The Balaban J connectivity index is 2.33. The Hall–Kier alpha value is -2.91. The Labute approximate surface area is 438 Å². The molecule has 4 N–H and O–H groups in total. The Morgan fingerprint density at radius 2 is 0.875 bits per heavy atom. The smallest absolute Gasteiger partial charge is 0.306 e. The van der Waals surface area contributed by atoms with Gasteiger partial charge >= 0.3 is 11.9 Å². The summed E-state index contributed by atoms with van der Waals surface area (Å²) >= 11 is 0. The van der Waals surface area contributed by atoms with Crippen LogP contribution in [0.15, 0.2) is 72.9 Å². The highest BCUT2D eigenvalue weighted by Gasteiger charge is 2.46. The Kier molecular flexibility index (Phi) is 44.5. The molecule has 416 valence electrons. The number of aliphatic hydroxyl groups excluding tert-OH is 3. The second-order valence-corrected chi connectivity index (χ2v) is 21.1. The van der Waals surface area contributed by atoms with Crippen molar-refractivity contribution in [3.05, 3.63) is 72.9 Å². The van der Waals surface area contributed by atoms with Gasteiger partial charge in [0.25, 0.3) is 10.1 Å². The van der Waals surface area contributed by atoms with E-state index in [2.05, 4.69) is 86.8 Å². The van der Waals surface area contributed by atoms with Crippen LogP contribution in [0, 0.1) is 0 Å². The molecule has 12 nitrogen and oxygen atoms in total. The van der Waals surface area contributed by atoms with E-state index in [1.54, 1.807) is 0 Å². The van der Waals surface area contributed by atoms with E-state index in [0.29, 0.717) is 12.8 Å². The number of rotatable bonds is 48. The van der Waals surface area contributed by atoms with E-state index in [1.807, 2.05) is 0 Å². The van der Waals surface area contributed by atoms with E-state index in [4.69, 9.17) is 18.9 Å². The van der Waals surface area contributed by atoms with Gasteiger partial charge in [-0.1, -0.05) is 209 Å². The van der Waals surface area contributed by atoms with Gasteiger partial charge in [-0.15, -0.1) is 0 Å². The fourth-order valence-corrected chi connectivity index (χ4v) is 9.10. The molecule has 0 aromatic heterocycles. The monoisotopic (exact) mass is 1030 g/mol. The molecule has 1 heterocycles. The molecule has 0 saturated carbocycles. The number of carbonyl (C=O) groups is 2. The zero-order valence-electron chi connectivity index (χ0n) is 45.0. The summed E-state index contributed by atoms with van der Waals surface area (Å²) in [6.07, 6.45) is 53.6. The third-order valence-electron chi connectivity index (χ3n) is 12.8. The lowest BCUT2D eigenvalue weighted by Gasteiger charge is -2.40. The van der Waals surface area contributed by atoms with Crippen molar-refractivity contribution < 1.29 is 56.8 Å². The van der Waals surface area contributed by atoms with Gasteiger partial charge < -0.3 is 34.3 Å². The van der Waals surface area contributed by atoms with E-state index >= 15 is 0 Å². The van der Waals surface area contributed by atoms with Gasteiger partial charge in [-0.2, -0.15) is 8.42 Å². The maximum atomic E-state index is 12.9. The topological polar surface area (TPSA) is 186 Å². The molecule has 6 unspecified atom stereocenters. The highest BCUT2D eigenvalue weighted by Crippen LogP contribution is 2.24. The summed E-state index contributed by atoms with van der Waals surface area (Å²) in [4.78, 5) is 25.6. The van der Waals surface area contributed by atoms with Crippen LogP contribution in [0.5, 0.6) is 0 Å². The van der Waals surface area contributed by atoms with Crippen molar-refractivity contribution in [2.75, 3.05) is 19.0 Å². The lowest BCUT2D eigenvalue weighted by Crippen LogP contribution is -2.60. The quantitative estimate of drug-likeness (QED) is 0.0196. The van der Waals surface area contributed by atoms with E-state index < -0.39 is 71.2 Å². The molecule has 72 heavy (non-hydrogen) atoms. The van der Waals surface area contributed by atoms with Crippen LogP contribution in [0.2, 0.25) is 0 Å². The highest BCUT2D eigenvalue weighted by atomic mass is 32.2. The molecule has 1 saturated heterocycles. The molecule has 0 aliphatic carbocycles.